The molecule has 0 bridgehead atoms. The predicted molar refractivity (Wildman–Crippen MR) is 25.0 cm³/mol. The van der Waals surface area contributed by atoms with Gasteiger partial charge >= 0.3 is 0 Å². The molecule has 0 aromatic heterocycles. The van der Waals surface area contributed by atoms with Gasteiger partial charge in [0, 0.05) is 6.61 Å². The van der Waals surface area contributed by atoms with E-state index < -0.39 is 0 Å². The highest BCUT2D eigenvalue weighted by Gasteiger charge is 2.12. The lowest BCUT2D eigenvalue weighted by molar-refractivity contribution is -0.115. The molecular formula is C5H8O2. The van der Waals surface area contributed by atoms with Crippen LogP contribution >= 0.6 is 0 Å². The molecule has 0 aromatic carbocycles. The number of aldehydes is 1. The minimum Gasteiger partial charge on any atom is -0.371 e. The fourth-order valence-corrected chi connectivity index (χ4v) is 0.710. The van der Waals surface area contributed by atoms with Gasteiger partial charge in [-0.05, 0) is 12.8 Å². The van der Waals surface area contributed by atoms with E-state index in [0.29, 0.717) is 0 Å². The van der Waals surface area contributed by atoms with Crippen LogP contribution < -0.4 is 0 Å². The Balaban J connectivity index is 2.26. The fourth-order valence-electron chi connectivity index (χ4n) is 0.710. The maximum absolute atomic E-state index is 9.88. The van der Waals surface area contributed by atoms with Gasteiger partial charge in [0.1, 0.15) is 12.4 Å². The molecule has 7 heavy (non-hydrogen) atoms. The molecule has 0 saturated carbocycles. The summed E-state index contributed by atoms with van der Waals surface area (Å²) in [6, 6.07) is 0. The van der Waals surface area contributed by atoms with Crippen molar-refractivity contribution in [1.29, 1.82) is 0 Å². The normalized spacial score (nSPS) is 30.6. The smallest absolute Gasteiger partial charge is 0.148 e. The predicted octanol–water partition coefficient (Wildman–Crippen LogP) is 0.364. The lowest BCUT2D eigenvalue weighted by Gasteiger charge is -1.93. The average Bonchev–Trinajstić information content (AvgIpc) is 2.14. The van der Waals surface area contributed by atoms with Crippen LogP contribution in [0.1, 0.15) is 12.8 Å². The molecule has 1 aliphatic rings. The molecule has 2 nitrogen and oxygen atoms in total. The number of carbonyl (C=O) groups is 1. The molecule has 40 valence electrons. The first-order valence-electron chi connectivity index (χ1n) is 2.50. The molecule has 1 unspecified atom stereocenters. The SMILES string of the molecule is O=CC1CCCO1. The first kappa shape index (κ1) is 4.78. The van der Waals surface area contributed by atoms with Gasteiger partial charge in [-0.3, -0.25) is 0 Å². The van der Waals surface area contributed by atoms with E-state index in [1.165, 1.54) is 0 Å². The molecule has 2 heteroatoms. The Morgan fingerprint density at radius 1 is 1.71 bits per heavy atom. The maximum Gasteiger partial charge on any atom is 0.148 e. The van der Waals surface area contributed by atoms with E-state index >= 15 is 0 Å². The van der Waals surface area contributed by atoms with Crippen molar-refractivity contribution in [2.24, 2.45) is 0 Å². The molecule has 0 spiro atoms. The van der Waals surface area contributed by atoms with E-state index in [2.05, 4.69) is 0 Å². The van der Waals surface area contributed by atoms with Crippen LogP contribution in [0.15, 0.2) is 0 Å². The first-order valence-corrected chi connectivity index (χ1v) is 2.50. The van der Waals surface area contributed by atoms with Crippen molar-refractivity contribution in [3.63, 3.8) is 0 Å². The summed E-state index contributed by atoms with van der Waals surface area (Å²) in [6.45, 7) is 0.767. The van der Waals surface area contributed by atoms with Gasteiger partial charge in [-0.2, -0.15) is 0 Å². The second-order valence-electron chi connectivity index (χ2n) is 1.69. The summed E-state index contributed by atoms with van der Waals surface area (Å²) in [5.41, 5.74) is 0. The van der Waals surface area contributed by atoms with Crippen LogP contribution in [-0.4, -0.2) is 19.0 Å². The average molecular weight is 100 g/mol. The highest BCUT2D eigenvalue weighted by atomic mass is 16.5. The van der Waals surface area contributed by atoms with Gasteiger partial charge in [0.05, 0.1) is 0 Å². The number of ether oxygens (including phenoxy) is 1. The van der Waals surface area contributed by atoms with E-state index in [-0.39, 0.29) is 6.10 Å². The Kier molecular flexibility index (Phi) is 1.42. The van der Waals surface area contributed by atoms with Crippen LogP contribution in [0.5, 0.6) is 0 Å². The lowest BCUT2D eigenvalue weighted by atomic mass is 10.3. The third-order valence-corrected chi connectivity index (χ3v) is 1.12. The molecular weight excluding hydrogens is 92.1 g/mol. The second-order valence-corrected chi connectivity index (χ2v) is 1.69. The van der Waals surface area contributed by atoms with Crippen LogP contribution in [0.4, 0.5) is 0 Å². The lowest BCUT2D eigenvalue weighted by Crippen LogP contribution is -2.04. The van der Waals surface area contributed by atoms with Crippen molar-refractivity contribution >= 4 is 6.29 Å². The molecule has 0 aliphatic carbocycles. The van der Waals surface area contributed by atoms with Crippen molar-refractivity contribution in [3.8, 4) is 0 Å². The number of hydrogen-bond donors (Lipinski definition) is 0. The molecule has 1 fully saturated rings. The minimum absolute atomic E-state index is 0.0833. The van der Waals surface area contributed by atoms with Crippen LogP contribution in [0.2, 0.25) is 0 Å². The molecule has 1 atom stereocenters. The third-order valence-electron chi connectivity index (χ3n) is 1.12. The molecule has 1 aliphatic heterocycles. The van der Waals surface area contributed by atoms with Crippen LogP contribution in [0.3, 0.4) is 0 Å². The zero-order valence-electron chi connectivity index (χ0n) is 4.09. The van der Waals surface area contributed by atoms with E-state index in [1.807, 2.05) is 0 Å². The third kappa shape index (κ3) is 0.996. The molecule has 0 N–H and O–H groups in total. The molecule has 0 radical (unpaired) electrons. The quantitative estimate of drug-likeness (QED) is 0.445. The second kappa shape index (κ2) is 2.07. The minimum atomic E-state index is -0.0833. The van der Waals surface area contributed by atoms with Crippen molar-refractivity contribution in [2.45, 2.75) is 18.9 Å². The van der Waals surface area contributed by atoms with Gasteiger partial charge in [0.2, 0.25) is 0 Å². The summed E-state index contributed by atoms with van der Waals surface area (Å²) >= 11 is 0. The van der Waals surface area contributed by atoms with Crippen LogP contribution in [0, 0.1) is 0 Å². The monoisotopic (exact) mass is 100 g/mol. The topological polar surface area (TPSA) is 26.3 Å². The summed E-state index contributed by atoms with van der Waals surface area (Å²) in [4.78, 5) is 9.88. The van der Waals surface area contributed by atoms with Crippen molar-refractivity contribution in [1.82, 2.24) is 0 Å². The molecule has 1 saturated heterocycles. The zero-order valence-corrected chi connectivity index (χ0v) is 4.09. The molecule has 1 rings (SSSR count). The largest absolute Gasteiger partial charge is 0.371 e. The molecule has 1 heterocycles. The van der Waals surface area contributed by atoms with E-state index in [0.717, 1.165) is 25.7 Å². The van der Waals surface area contributed by atoms with E-state index in [4.69, 9.17) is 4.74 Å². The molecule has 0 amide bonds. The Morgan fingerprint density at radius 2 is 2.57 bits per heavy atom. The number of hydrogen-bond acceptors (Lipinski definition) is 2. The number of rotatable bonds is 1. The molecule has 0 aromatic rings. The maximum atomic E-state index is 9.88. The van der Waals surface area contributed by atoms with Crippen molar-refractivity contribution in [3.05, 3.63) is 0 Å². The van der Waals surface area contributed by atoms with Crippen LogP contribution in [-0.2, 0) is 9.53 Å². The zero-order chi connectivity index (χ0) is 5.11. The van der Waals surface area contributed by atoms with Gasteiger partial charge in [-0.15, -0.1) is 0 Å². The Bertz CT molecular complexity index is 64.5. The Labute approximate surface area is 42.5 Å². The highest BCUT2D eigenvalue weighted by Crippen LogP contribution is 2.08. The van der Waals surface area contributed by atoms with E-state index in [9.17, 15) is 4.79 Å². The van der Waals surface area contributed by atoms with Gasteiger partial charge in [-0.25, -0.2) is 0 Å². The van der Waals surface area contributed by atoms with Gasteiger partial charge in [0.25, 0.3) is 0 Å². The standard InChI is InChI=1S/C5H8O2/c6-4-5-2-1-3-7-5/h4-5H,1-3H2. The summed E-state index contributed by atoms with van der Waals surface area (Å²) < 4.78 is 4.93. The number of carbonyl (C=O) groups excluding carboxylic acids is 1. The van der Waals surface area contributed by atoms with Crippen LogP contribution in [0.25, 0.3) is 0 Å². The van der Waals surface area contributed by atoms with E-state index in [1.54, 1.807) is 0 Å². The fraction of sp³-hybridized carbons (Fsp3) is 0.800. The highest BCUT2D eigenvalue weighted by molar-refractivity contribution is 5.56. The van der Waals surface area contributed by atoms with Crippen molar-refractivity contribution in [2.75, 3.05) is 6.61 Å². The summed E-state index contributed by atoms with van der Waals surface area (Å²) in [5.74, 6) is 0. The first-order chi connectivity index (χ1) is 3.43. The summed E-state index contributed by atoms with van der Waals surface area (Å²) in [5, 5.41) is 0. The Morgan fingerprint density at radius 3 is 2.86 bits per heavy atom. The van der Waals surface area contributed by atoms with Gasteiger partial charge in [0.15, 0.2) is 0 Å². The summed E-state index contributed by atoms with van der Waals surface area (Å²) in [7, 11) is 0. The summed E-state index contributed by atoms with van der Waals surface area (Å²) in [6.07, 6.45) is 2.75. The van der Waals surface area contributed by atoms with Gasteiger partial charge in [-0.1, -0.05) is 0 Å². The van der Waals surface area contributed by atoms with Gasteiger partial charge < -0.3 is 9.53 Å². The Hall–Kier alpha value is -0.370. The van der Waals surface area contributed by atoms with Crippen molar-refractivity contribution < 1.29 is 9.53 Å².